The van der Waals surface area contributed by atoms with Crippen molar-refractivity contribution in [1.29, 1.82) is 0 Å². The van der Waals surface area contributed by atoms with Gasteiger partial charge in [0.1, 0.15) is 19.8 Å². The van der Waals surface area contributed by atoms with Crippen LogP contribution in [-0.4, -0.2) is 51.4 Å². The topological polar surface area (TPSA) is 145 Å². The molecular formula is C42H75N3O9. The lowest BCUT2D eigenvalue weighted by Crippen LogP contribution is -2.55. The lowest BCUT2D eigenvalue weighted by molar-refractivity contribution is -0.155. The Hall–Kier alpha value is -3.18. The molecule has 0 N–H and O–H groups in total. The molecule has 1 aromatic heterocycles. The predicted octanol–water partition coefficient (Wildman–Crippen LogP) is 7.10. The summed E-state index contributed by atoms with van der Waals surface area (Å²) in [5.74, 6) is -2.63. The molecular weight excluding hydrogens is 690 g/mol. The van der Waals surface area contributed by atoms with Crippen molar-refractivity contribution in [2.75, 3.05) is 19.8 Å². The van der Waals surface area contributed by atoms with E-state index in [-0.39, 0.29) is 55.7 Å². The number of rotatable bonds is 15. The van der Waals surface area contributed by atoms with E-state index in [0.29, 0.717) is 19.3 Å². The van der Waals surface area contributed by atoms with Crippen LogP contribution in [0.15, 0.2) is 14.4 Å². The van der Waals surface area contributed by atoms with Crippen molar-refractivity contribution in [3.63, 3.8) is 0 Å². The predicted molar refractivity (Wildman–Crippen MR) is 213 cm³/mol. The highest BCUT2D eigenvalue weighted by Crippen LogP contribution is 2.39. The first kappa shape index (κ1) is 48.8. The molecule has 1 aromatic rings. The van der Waals surface area contributed by atoms with Crippen molar-refractivity contribution in [2.45, 2.75) is 164 Å². The van der Waals surface area contributed by atoms with Gasteiger partial charge in [-0.3, -0.25) is 14.4 Å². The third-order valence-electron chi connectivity index (χ3n) is 9.50. The fraction of sp³-hybridized carbons (Fsp3) is 0.857. The van der Waals surface area contributed by atoms with Crippen molar-refractivity contribution in [2.24, 2.45) is 50.2 Å². The number of aromatic nitrogens is 3. The van der Waals surface area contributed by atoms with Crippen LogP contribution in [0.3, 0.4) is 0 Å². The van der Waals surface area contributed by atoms with Crippen LogP contribution in [0.25, 0.3) is 0 Å². The van der Waals surface area contributed by atoms with Gasteiger partial charge in [0.05, 0.1) is 37.4 Å². The van der Waals surface area contributed by atoms with Gasteiger partial charge in [-0.05, 0) is 51.8 Å². The molecule has 0 aliphatic rings. The van der Waals surface area contributed by atoms with E-state index in [4.69, 9.17) is 14.2 Å². The van der Waals surface area contributed by atoms with Gasteiger partial charge in [0.25, 0.3) is 0 Å². The summed E-state index contributed by atoms with van der Waals surface area (Å²) in [6.45, 7) is 34.2. The molecule has 3 atom stereocenters. The van der Waals surface area contributed by atoms with E-state index in [1.807, 2.05) is 125 Å². The second-order valence-electron chi connectivity index (χ2n) is 21.9. The maximum Gasteiger partial charge on any atom is 0.336 e. The summed E-state index contributed by atoms with van der Waals surface area (Å²) >= 11 is 0. The van der Waals surface area contributed by atoms with Crippen molar-refractivity contribution >= 4 is 17.9 Å². The van der Waals surface area contributed by atoms with E-state index >= 15 is 0 Å². The molecule has 0 fully saturated rings. The quantitative estimate of drug-likeness (QED) is 0.135. The summed E-state index contributed by atoms with van der Waals surface area (Å²) < 4.78 is 19.5. The summed E-state index contributed by atoms with van der Waals surface area (Å²) in [5.41, 5.74) is -4.40. The molecule has 3 unspecified atom stereocenters. The van der Waals surface area contributed by atoms with E-state index in [1.54, 1.807) is 0 Å². The minimum Gasteiger partial charge on any atom is -0.464 e. The Morgan fingerprint density at radius 3 is 0.741 bits per heavy atom. The number of carbonyl (C=O) groups is 3. The van der Waals surface area contributed by atoms with Gasteiger partial charge in [0, 0.05) is 0 Å². The minimum atomic E-state index is -0.924. The number of nitrogens with zero attached hydrogens (tertiary/aromatic N) is 3. The lowest BCUT2D eigenvalue weighted by atomic mass is 9.72. The van der Waals surface area contributed by atoms with Gasteiger partial charge in [-0.2, -0.15) is 0 Å². The lowest BCUT2D eigenvalue weighted by Gasteiger charge is -2.33. The zero-order chi connectivity index (χ0) is 42.4. The van der Waals surface area contributed by atoms with Gasteiger partial charge in [-0.15, -0.1) is 0 Å². The van der Waals surface area contributed by atoms with Crippen LogP contribution in [-0.2, 0) is 48.2 Å². The van der Waals surface area contributed by atoms with E-state index in [9.17, 15) is 28.8 Å². The number of carbonyl (C=O) groups excluding carboxylic acids is 3. The fourth-order valence-electron chi connectivity index (χ4n) is 6.34. The van der Waals surface area contributed by atoms with Gasteiger partial charge in [0.2, 0.25) is 0 Å². The number of esters is 3. The van der Waals surface area contributed by atoms with Crippen LogP contribution < -0.4 is 17.1 Å². The molecule has 0 saturated carbocycles. The Labute approximate surface area is 324 Å². The van der Waals surface area contributed by atoms with E-state index in [2.05, 4.69) is 0 Å². The zero-order valence-electron chi connectivity index (χ0n) is 37.1. The summed E-state index contributed by atoms with van der Waals surface area (Å²) in [5, 5.41) is 0. The fourth-order valence-corrected chi connectivity index (χ4v) is 6.34. The van der Waals surface area contributed by atoms with Gasteiger partial charge < -0.3 is 14.2 Å². The Kier molecular flexibility index (Phi) is 16.4. The summed E-state index contributed by atoms with van der Waals surface area (Å²) in [4.78, 5) is 81.1. The first-order chi connectivity index (χ1) is 24.1. The number of hydrogen-bond acceptors (Lipinski definition) is 9. The van der Waals surface area contributed by atoms with E-state index in [0.717, 1.165) is 13.7 Å². The molecule has 54 heavy (non-hydrogen) atoms. The maximum atomic E-state index is 13.7. The largest absolute Gasteiger partial charge is 0.464 e. The standard InChI is InChI=1S/C42H75N3O9/c1-37(2,3)25-28(40(10,11)12)31(46)52-22-19-43-34(49)44(20-23-53-32(47)29(41(13,14)15)26-38(4,5)6)36(51)45(35(43)50)21-24-54-33(48)30(42(16,17)18)27-39(7,8)9/h28-30H,19-27H2,1-18H3. The summed E-state index contributed by atoms with van der Waals surface area (Å²) in [6.07, 6.45) is 1.71. The van der Waals surface area contributed by atoms with E-state index < -0.39 is 69.0 Å². The highest BCUT2D eigenvalue weighted by atomic mass is 16.5. The molecule has 12 heteroatoms. The first-order valence-corrected chi connectivity index (χ1v) is 19.5. The summed E-state index contributed by atoms with van der Waals surface area (Å²) in [6, 6.07) is 0. The van der Waals surface area contributed by atoms with Crippen molar-refractivity contribution in [3.8, 4) is 0 Å². The Balaban J connectivity index is 3.50. The molecule has 0 aliphatic heterocycles. The third kappa shape index (κ3) is 15.9. The summed E-state index contributed by atoms with van der Waals surface area (Å²) in [7, 11) is 0. The smallest absolute Gasteiger partial charge is 0.336 e. The molecule has 1 rings (SSSR count). The van der Waals surface area contributed by atoms with Crippen LogP contribution >= 0.6 is 0 Å². The molecule has 0 spiro atoms. The average Bonchev–Trinajstić information content (AvgIpc) is 2.95. The molecule has 0 aromatic carbocycles. The monoisotopic (exact) mass is 766 g/mol. The van der Waals surface area contributed by atoms with Crippen molar-refractivity contribution in [3.05, 3.63) is 31.5 Å². The Morgan fingerprint density at radius 1 is 0.407 bits per heavy atom. The molecule has 0 radical (unpaired) electrons. The third-order valence-corrected chi connectivity index (χ3v) is 9.50. The molecule has 0 saturated heterocycles. The van der Waals surface area contributed by atoms with Crippen LogP contribution in [0.2, 0.25) is 0 Å². The van der Waals surface area contributed by atoms with Gasteiger partial charge >= 0.3 is 35.0 Å². The normalized spacial score (nSPS) is 15.0. The second-order valence-corrected chi connectivity index (χ2v) is 21.9. The second kappa shape index (κ2) is 18.2. The molecule has 312 valence electrons. The number of ether oxygens (including phenoxy) is 3. The van der Waals surface area contributed by atoms with Crippen LogP contribution in [0.5, 0.6) is 0 Å². The molecule has 0 bridgehead atoms. The van der Waals surface area contributed by atoms with Crippen molar-refractivity contribution in [1.82, 2.24) is 13.7 Å². The van der Waals surface area contributed by atoms with Crippen LogP contribution in [0, 0.1) is 50.2 Å². The van der Waals surface area contributed by atoms with E-state index in [1.165, 1.54) is 0 Å². The van der Waals surface area contributed by atoms with Gasteiger partial charge in [-0.25, -0.2) is 28.1 Å². The molecule has 0 aliphatic carbocycles. The Bertz CT molecular complexity index is 1390. The number of hydrogen-bond donors (Lipinski definition) is 0. The van der Waals surface area contributed by atoms with Gasteiger partial charge in [-0.1, -0.05) is 125 Å². The first-order valence-electron chi connectivity index (χ1n) is 19.5. The van der Waals surface area contributed by atoms with Crippen molar-refractivity contribution < 1.29 is 28.6 Å². The van der Waals surface area contributed by atoms with Gasteiger partial charge in [0.15, 0.2) is 0 Å². The van der Waals surface area contributed by atoms with Crippen LogP contribution in [0.1, 0.15) is 144 Å². The van der Waals surface area contributed by atoms with Crippen LogP contribution in [0.4, 0.5) is 0 Å². The SMILES string of the molecule is CC(C)(C)CC(C(=O)OCCn1c(=O)n(CCOC(=O)C(CC(C)(C)C)C(C)(C)C)c(=O)n(CCOC(=O)C(CC(C)(C)C)C(C)(C)C)c1=O)C(C)(C)C. The molecule has 0 amide bonds. The minimum absolute atomic E-state index is 0.149. The average molecular weight is 766 g/mol. The highest BCUT2D eigenvalue weighted by molar-refractivity contribution is 5.74. The molecule has 12 nitrogen and oxygen atoms in total. The zero-order valence-corrected chi connectivity index (χ0v) is 37.1. The molecule has 1 heterocycles. The Morgan fingerprint density at radius 2 is 0.593 bits per heavy atom. The maximum absolute atomic E-state index is 13.7. The highest BCUT2D eigenvalue weighted by Gasteiger charge is 2.38.